The van der Waals surface area contributed by atoms with Crippen molar-refractivity contribution in [2.75, 3.05) is 26.7 Å². The van der Waals surface area contributed by atoms with Gasteiger partial charge in [-0.25, -0.2) is 4.98 Å². The molecule has 128 valence electrons. The number of amides is 2. The summed E-state index contributed by atoms with van der Waals surface area (Å²) in [6.45, 7) is 8.65. The number of carbonyl (C=O) groups is 2. The van der Waals surface area contributed by atoms with Gasteiger partial charge in [-0.1, -0.05) is 0 Å². The van der Waals surface area contributed by atoms with Crippen LogP contribution in [0, 0.1) is 12.8 Å². The average Bonchev–Trinajstić information content (AvgIpc) is 3.07. The van der Waals surface area contributed by atoms with Gasteiger partial charge in [0.1, 0.15) is 6.04 Å². The van der Waals surface area contributed by atoms with Crippen LogP contribution in [0.2, 0.25) is 0 Å². The van der Waals surface area contributed by atoms with Gasteiger partial charge in [-0.3, -0.25) is 9.59 Å². The van der Waals surface area contributed by atoms with Gasteiger partial charge in [-0.15, -0.1) is 11.3 Å². The third-order valence-electron chi connectivity index (χ3n) is 4.22. The highest BCUT2D eigenvalue weighted by molar-refractivity contribution is 7.09. The average molecular weight is 338 g/mol. The predicted molar refractivity (Wildman–Crippen MR) is 91.2 cm³/mol. The van der Waals surface area contributed by atoms with Crippen LogP contribution in [0.4, 0.5) is 0 Å². The molecule has 2 atom stereocenters. The Kier molecular flexibility index (Phi) is 6.12. The van der Waals surface area contributed by atoms with Crippen molar-refractivity contribution in [3.8, 4) is 0 Å². The number of thiazole rings is 1. The number of nitrogens with one attached hydrogen (secondary N) is 1. The van der Waals surface area contributed by atoms with E-state index in [0.29, 0.717) is 5.92 Å². The maximum absolute atomic E-state index is 12.3. The zero-order valence-corrected chi connectivity index (χ0v) is 15.2. The van der Waals surface area contributed by atoms with E-state index in [9.17, 15) is 9.59 Å². The van der Waals surface area contributed by atoms with Crippen LogP contribution in [0.1, 0.15) is 30.8 Å². The number of hydrogen-bond donors (Lipinski definition) is 1. The molecule has 1 aromatic heterocycles. The smallest absolute Gasteiger partial charge is 0.244 e. The Balaban J connectivity index is 1.79. The summed E-state index contributed by atoms with van der Waals surface area (Å²) in [4.78, 5) is 33.1. The van der Waals surface area contributed by atoms with Crippen molar-refractivity contribution < 1.29 is 9.59 Å². The number of hydrogen-bond acceptors (Lipinski definition) is 5. The molecule has 6 nitrogen and oxygen atoms in total. The van der Waals surface area contributed by atoms with Gasteiger partial charge in [-0.05, 0) is 33.2 Å². The van der Waals surface area contributed by atoms with Crippen LogP contribution in [0.3, 0.4) is 0 Å². The zero-order chi connectivity index (χ0) is 17.0. The second kappa shape index (κ2) is 7.88. The van der Waals surface area contributed by atoms with E-state index in [1.165, 1.54) is 11.8 Å². The molecule has 23 heavy (non-hydrogen) atoms. The Morgan fingerprint density at radius 2 is 2.30 bits per heavy atom. The molecule has 0 bridgehead atoms. The van der Waals surface area contributed by atoms with Gasteiger partial charge < -0.3 is 15.1 Å². The minimum absolute atomic E-state index is 0.0173. The second-order valence-corrected chi connectivity index (χ2v) is 7.36. The van der Waals surface area contributed by atoms with Gasteiger partial charge in [0.2, 0.25) is 11.8 Å². The van der Waals surface area contributed by atoms with Crippen LogP contribution in [-0.2, 0) is 16.1 Å². The molecule has 1 aliphatic heterocycles. The van der Waals surface area contributed by atoms with E-state index in [4.69, 9.17) is 0 Å². The summed E-state index contributed by atoms with van der Waals surface area (Å²) in [7, 11) is 2.11. The number of nitrogens with zero attached hydrogens (tertiary/aromatic N) is 3. The minimum atomic E-state index is -0.441. The fourth-order valence-electron chi connectivity index (χ4n) is 3.05. The summed E-state index contributed by atoms with van der Waals surface area (Å²) in [6.07, 6.45) is 1.02. The van der Waals surface area contributed by atoms with Gasteiger partial charge in [0.15, 0.2) is 0 Å². The van der Waals surface area contributed by atoms with Crippen LogP contribution in [0.15, 0.2) is 5.51 Å². The molecular weight excluding hydrogens is 312 g/mol. The van der Waals surface area contributed by atoms with Crippen molar-refractivity contribution in [3.63, 3.8) is 0 Å². The molecule has 1 fully saturated rings. The molecule has 2 heterocycles. The maximum atomic E-state index is 12.3. The van der Waals surface area contributed by atoms with Crippen molar-refractivity contribution in [1.29, 1.82) is 0 Å². The van der Waals surface area contributed by atoms with Gasteiger partial charge in [-0.2, -0.15) is 0 Å². The molecule has 0 aromatic carbocycles. The van der Waals surface area contributed by atoms with E-state index in [0.717, 1.165) is 38.3 Å². The first-order chi connectivity index (χ1) is 10.9. The molecule has 1 N–H and O–H groups in total. The van der Waals surface area contributed by atoms with Crippen LogP contribution in [-0.4, -0.2) is 59.3 Å². The Morgan fingerprint density at radius 3 is 2.91 bits per heavy atom. The minimum Gasteiger partial charge on any atom is -0.345 e. The number of aryl methyl sites for hydroxylation is 1. The van der Waals surface area contributed by atoms with E-state index in [1.54, 1.807) is 18.3 Å². The van der Waals surface area contributed by atoms with E-state index >= 15 is 0 Å². The second-order valence-electron chi connectivity index (χ2n) is 6.42. The van der Waals surface area contributed by atoms with Crippen molar-refractivity contribution in [2.24, 2.45) is 5.92 Å². The standard InChI is InChI=1S/C16H26N4O2S/c1-11-15(23-10-17-11)9-19(4)7-14-5-6-20(8-14)16(22)12(2)18-13(3)21/h10,12,14H,5-9H2,1-4H3,(H,18,21). The number of likely N-dealkylation sites (tertiary alicyclic amines) is 1. The molecule has 1 aliphatic rings. The monoisotopic (exact) mass is 338 g/mol. The maximum Gasteiger partial charge on any atom is 0.244 e. The molecule has 2 amide bonds. The highest BCUT2D eigenvalue weighted by atomic mass is 32.1. The molecule has 1 aromatic rings. The fraction of sp³-hybridized carbons (Fsp3) is 0.688. The first-order valence-corrected chi connectivity index (χ1v) is 8.88. The van der Waals surface area contributed by atoms with E-state index in [1.807, 2.05) is 17.3 Å². The SMILES string of the molecule is CC(=O)NC(C)C(=O)N1CCC(CN(C)Cc2scnc2C)C1. The van der Waals surface area contributed by atoms with E-state index in [2.05, 4.69) is 22.2 Å². The molecule has 0 spiro atoms. The molecule has 2 unspecified atom stereocenters. The number of rotatable bonds is 6. The first-order valence-electron chi connectivity index (χ1n) is 8.00. The van der Waals surface area contributed by atoms with E-state index < -0.39 is 6.04 Å². The Labute approximate surface area is 141 Å². The molecule has 1 saturated heterocycles. The Bertz CT molecular complexity index is 560. The summed E-state index contributed by atoms with van der Waals surface area (Å²) in [5.41, 5.74) is 2.99. The summed E-state index contributed by atoms with van der Waals surface area (Å²) >= 11 is 1.69. The molecule has 0 radical (unpaired) electrons. The normalized spacial score (nSPS) is 19.2. The molecular formula is C16H26N4O2S. The molecule has 2 rings (SSSR count). The summed E-state index contributed by atoms with van der Waals surface area (Å²) in [5.74, 6) is 0.339. The lowest BCUT2D eigenvalue weighted by Gasteiger charge is -2.23. The zero-order valence-electron chi connectivity index (χ0n) is 14.3. The van der Waals surface area contributed by atoms with Crippen LogP contribution < -0.4 is 5.32 Å². The van der Waals surface area contributed by atoms with Crippen molar-refractivity contribution >= 4 is 23.2 Å². The van der Waals surface area contributed by atoms with Crippen molar-refractivity contribution in [1.82, 2.24) is 20.1 Å². The lowest BCUT2D eigenvalue weighted by atomic mass is 10.1. The first kappa shape index (κ1) is 17.9. The number of aromatic nitrogens is 1. The Hall–Kier alpha value is -1.47. The van der Waals surface area contributed by atoms with Crippen molar-refractivity contribution in [2.45, 2.75) is 39.8 Å². The van der Waals surface area contributed by atoms with Gasteiger partial charge >= 0.3 is 0 Å². The molecule has 0 aliphatic carbocycles. The fourth-order valence-corrected chi connectivity index (χ4v) is 3.91. The summed E-state index contributed by atoms with van der Waals surface area (Å²) in [6, 6.07) is -0.441. The molecule has 0 saturated carbocycles. The predicted octanol–water partition coefficient (Wildman–Crippen LogP) is 1.26. The molecule has 7 heteroatoms. The highest BCUT2D eigenvalue weighted by Gasteiger charge is 2.29. The largest absolute Gasteiger partial charge is 0.345 e. The number of carbonyl (C=O) groups excluding carboxylic acids is 2. The lowest BCUT2D eigenvalue weighted by molar-refractivity contribution is -0.134. The van der Waals surface area contributed by atoms with Crippen LogP contribution >= 0.6 is 11.3 Å². The topological polar surface area (TPSA) is 65.5 Å². The third-order valence-corrected chi connectivity index (χ3v) is 5.14. The highest BCUT2D eigenvalue weighted by Crippen LogP contribution is 2.20. The summed E-state index contributed by atoms with van der Waals surface area (Å²) in [5, 5.41) is 2.66. The lowest BCUT2D eigenvalue weighted by Crippen LogP contribution is -2.45. The van der Waals surface area contributed by atoms with Crippen LogP contribution in [0.25, 0.3) is 0 Å². The van der Waals surface area contributed by atoms with Gasteiger partial charge in [0, 0.05) is 38.0 Å². The Morgan fingerprint density at radius 1 is 1.57 bits per heavy atom. The van der Waals surface area contributed by atoms with Gasteiger partial charge in [0.05, 0.1) is 11.2 Å². The third kappa shape index (κ3) is 5.00. The van der Waals surface area contributed by atoms with E-state index in [-0.39, 0.29) is 11.8 Å². The van der Waals surface area contributed by atoms with Gasteiger partial charge in [0.25, 0.3) is 0 Å². The van der Waals surface area contributed by atoms with Crippen LogP contribution in [0.5, 0.6) is 0 Å². The summed E-state index contributed by atoms with van der Waals surface area (Å²) < 4.78 is 0. The quantitative estimate of drug-likeness (QED) is 0.848. The van der Waals surface area contributed by atoms with Crippen molar-refractivity contribution in [3.05, 3.63) is 16.1 Å².